The molecule has 1 heterocycles. The quantitative estimate of drug-likeness (QED) is 0.545. The minimum absolute atomic E-state index is 0.0855. The summed E-state index contributed by atoms with van der Waals surface area (Å²) in [4.78, 5) is 0. The molecule has 0 amide bonds. The number of hydrogen-bond donors (Lipinski definition) is 1. The predicted octanol–water partition coefficient (Wildman–Crippen LogP) is 4.05. The van der Waals surface area contributed by atoms with E-state index in [0.717, 1.165) is 17.9 Å². The zero-order chi connectivity index (χ0) is 14.4. The average molecular weight is 276 g/mol. The summed E-state index contributed by atoms with van der Waals surface area (Å²) < 4.78 is 5.37. The van der Waals surface area contributed by atoms with Gasteiger partial charge < -0.3 is 9.84 Å². The van der Waals surface area contributed by atoms with Gasteiger partial charge in [-0.3, -0.25) is 0 Å². The first-order valence-corrected chi connectivity index (χ1v) is 8.00. The summed E-state index contributed by atoms with van der Waals surface area (Å²) >= 11 is 0. The van der Waals surface area contributed by atoms with Crippen LogP contribution in [0.2, 0.25) is 0 Å². The van der Waals surface area contributed by atoms with Crippen LogP contribution in [0.15, 0.2) is 24.3 Å². The van der Waals surface area contributed by atoms with Crippen molar-refractivity contribution in [3.8, 4) is 0 Å². The van der Waals surface area contributed by atoms with Crippen LogP contribution < -0.4 is 0 Å². The molecule has 2 nitrogen and oxygen atoms in total. The number of unbranched alkanes of at least 4 members (excludes halogenated alkanes) is 3. The van der Waals surface area contributed by atoms with Crippen molar-refractivity contribution in [1.29, 1.82) is 0 Å². The summed E-state index contributed by atoms with van der Waals surface area (Å²) in [6.45, 7) is 5.33. The van der Waals surface area contributed by atoms with Crippen LogP contribution in [0, 0.1) is 5.92 Å². The topological polar surface area (TPSA) is 32.8 Å². The van der Waals surface area contributed by atoms with Crippen LogP contribution in [-0.4, -0.2) is 18.3 Å². The van der Waals surface area contributed by atoms with Crippen LogP contribution in [0.5, 0.6) is 0 Å². The maximum atomic E-state index is 9.32. The molecule has 1 saturated heterocycles. The molecule has 1 aromatic carbocycles. The monoisotopic (exact) mass is 276 g/mol. The lowest BCUT2D eigenvalue weighted by Gasteiger charge is -2.09. The molecule has 1 aliphatic heterocycles. The number of aryl methyl sites for hydroxylation is 1. The highest BCUT2D eigenvalue weighted by molar-refractivity contribution is 5.30. The van der Waals surface area contributed by atoms with Gasteiger partial charge in [0.15, 0.2) is 0 Å². The SMILES string of the molecule is CC(C)CCCCCCc1ccc([C@@]2(CO)CO2)cc1. The lowest BCUT2D eigenvalue weighted by molar-refractivity contribution is 0.172. The van der Waals surface area contributed by atoms with Crippen LogP contribution in [0.1, 0.15) is 57.1 Å². The van der Waals surface area contributed by atoms with Crippen LogP contribution >= 0.6 is 0 Å². The number of hydrogen-bond acceptors (Lipinski definition) is 2. The molecule has 1 N–H and O–H groups in total. The highest BCUT2D eigenvalue weighted by Gasteiger charge is 2.45. The van der Waals surface area contributed by atoms with Gasteiger partial charge in [-0.15, -0.1) is 0 Å². The molecule has 1 fully saturated rings. The van der Waals surface area contributed by atoms with E-state index in [0.29, 0.717) is 6.61 Å². The zero-order valence-electron chi connectivity index (χ0n) is 12.9. The lowest BCUT2D eigenvalue weighted by atomic mass is 9.97. The van der Waals surface area contributed by atoms with Gasteiger partial charge in [0.2, 0.25) is 0 Å². The zero-order valence-corrected chi connectivity index (χ0v) is 12.9. The van der Waals surface area contributed by atoms with E-state index in [1.54, 1.807) is 0 Å². The first-order chi connectivity index (χ1) is 9.66. The van der Waals surface area contributed by atoms with Gasteiger partial charge in [0.05, 0.1) is 13.2 Å². The van der Waals surface area contributed by atoms with Crippen molar-refractivity contribution < 1.29 is 9.84 Å². The van der Waals surface area contributed by atoms with Crippen LogP contribution in [0.25, 0.3) is 0 Å². The number of aliphatic hydroxyl groups excluding tert-OH is 1. The summed E-state index contributed by atoms with van der Waals surface area (Å²) in [6, 6.07) is 8.58. The number of epoxide rings is 1. The van der Waals surface area contributed by atoms with E-state index in [4.69, 9.17) is 4.74 Å². The summed E-state index contributed by atoms with van der Waals surface area (Å²) in [5.41, 5.74) is 2.13. The molecule has 112 valence electrons. The second kappa shape index (κ2) is 7.24. The molecule has 0 unspecified atom stereocenters. The highest BCUT2D eigenvalue weighted by Crippen LogP contribution is 2.38. The Labute approximate surface area is 123 Å². The molecule has 20 heavy (non-hydrogen) atoms. The fraction of sp³-hybridized carbons (Fsp3) is 0.667. The number of rotatable bonds is 9. The van der Waals surface area contributed by atoms with Gasteiger partial charge in [-0.1, -0.05) is 63.8 Å². The smallest absolute Gasteiger partial charge is 0.139 e. The maximum absolute atomic E-state index is 9.32. The van der Waals surface area contributed by atoms with Gasteiger partial charge in [-0.2, -0.15) is 0 Å². The molecular formula is C18H28O2. The molecule has 0 aromatic heterocycles. The summed E-state index contributed by atoms with van der Waals surface area (Å²) in [7, 11) is 0. The molecule has 1 atom stereocenters. The fourth-order valence-corrected chi connectivity index (χ4v) is 2.65. The van der Waals surface area contributed by atoms with E-state index in [1.165, 1.54) is 37.7 Å². The fourth-order valence-electron chi connectivity index (χ4n) is 2.65. The minimum Gasteiger partial charge on any atom is -0.393 e. The third-order valence-corrected chi connectivity index (χ3v) is 4.23. The minimum atomic E-state index is -0.380. The van der Waals surface area contributed by atoms with E-state index in [-0.39, 0.29) is 12.2 Å². The largest absolute Gasteiger partial charge is 0.393 e. The van der Waals surface area contributed by atoms with Crippen molar-refractivity contribution in [1.82, 2.24) is 0 Å². The molecule has 0 radical (unpaired) electrons. The van der Waals surface area contributed by atoms with Crippen molar-refractivity contribution in [2.24, 2.45) is 5.92 Å². The van der Waals surface area contributed by atoms with E-state index in [1.807, 2.05) is 0 Å². The first kappa shape index (κ1) is 15.5. The molecule has 1 aromatic rings. The van der Waals surface area contributed by atoms with Crippen molar-refractivity contribution in [3.63, 3.8) is 0 Å². The van der Waals surface area contributed by atoms with E-state index >= 15 is 0 Å². The Bertz CT molecular complexity index is 390. The van der Waals surface area contributed by atoms with Gasteiger partial charge in [0, 0.05) is 0 Å². The Morgan fingerprint density at radius 3 is 2.30 bits per heavy atom. The summed E-state index contributed by atoms with van der Waals surface area (Å²) in [6.07, 6.45) is 7.86. The van der Waals surface area contributed by atoms with Gasteiger partial charge in [-0.25, -0.2) is 0 Å². The van der Waals surface area contributed by atoms with E-state index in [9.17, 15) is 5.11 Å². The number of aliphatic hydroxyl groups is 1. The van der Waals surface area contributed by atoms with Crippen molar-refractivity contribution in [3.05, 3.63) is 35.4 Å². The van der Waals surface area contributed by atoms with Crippen molar-refractivity contribution in [2.75, 3.05) is 13.2 Å². The lowest BCUT2D eigenvalue weighted by Crippen LogP contribution is -2.13. The van der Waals surface area contributed by atoms with Gasteiger partial charge in [0.1, 0.15) is 5.60 Å². The maximum Gasteiger partial charge on any atom is 0.139 e. The molecule has 2 rings (SSSR count). The second-order valence-electron chi connectivity index (χ2n) is 6.48. The number of ether oxygens (including phenoxy) is 1. The molecular weight excluding hydrogens is 248 g/mol. The highest BCUT2D eigenvalue weighted by atomic mass is 16.6. The van der Waals surface area contributed by atoms with Crippen molar-refractivity contribution >= 4 is 0 Å². The number of benzene rings is 1. The van der Waals surface area contributed by atoms with Crippen LogP contribution in [0.4, 0.5) is 0 Å². The van der Waals surface area contributed by atoms with Gasteiger partial charge in [-0.05, 0) is 29.9 Å². The average Bonchev–Trinajstić information content (AvgIpc) is 3.24. The van der Waals surface area contributed by atoms with Crippen LogP contribution in [0.3, 0.4) is 0 Å². The Morgan fingerprint density at radius 1 is 1.10 bits per heavy atom. The molecule has 2 heteroatoms. The molecule has 0 saturated carbocycles. The molecule has 0 spiro atoms. The summed E-state index contributed by atoms with van der Waals surface area (Å²) in [5.74, 6) is 0.839. The second-order valence-corrected chi connectivity index (χ2v) is 6.48. The molecule has 1 aliphatic rings. The van der Waals surface area contributed by atoms with E-state index < -0.39 is 0 Å². The Balaban J connectivity index is 1.67. The Kier molecular flexibility index (Phi) is 5.62. The van der Waals surface area contributed by atoms with Gasteiger partial charge in [0.25, 0.3) is 0 Å². The third-order valence-electron chi connectivity index (χ3n) is 4.23. The Hall–Kier alpha value is -0.860. The standard InChI is InChI=1S/C18H28O2/c1-15(2)7-5-3-4-6-8-16-9-11-17(12-10-16)18(13-19)14-20-18/h9-12,15,19H,3-8,13-14H2,1-2H3/t18-/m1/s1. The summed E-state index contributed by atoms with van der Waals surface area (Å²) in [5, 5.41) is 9.32. The van der Waals surface area contributed by atoms with Crippen LogP contribution in [-0.2, 0) is 16.8 Å². The van der Waals surface area contributed by atoms with E-state index in [2.05, 4.69) is 38.1 Å². The normalized spacial score (nSPS) is 21.4. The first-order valence-electron chi connectivity index (χ1n) is 8.00. The van der Waals surface area contributed by atoms with Gasteiger partial charge >= 0.3 is 0 Å². The van der Waals surface area contributed by atoms with Crippen molar-refractivity contribution in [2.45, 2.75) is 58.0 Å². The predicted molar refractivity (Wildman–Crippen MR) is 82.8 cm³/mol. The molecule has 0 bridgehead atoms. The third kappa shape index (κ3) is 4.32. The molecule has 0 aliphatic carbocycles. The Morgan fingerprint density at radius 2 is 1.75 bits per heavy atom.